The lowest BCUT2D eigenvalue weighted by Gasteiger charge is -2.13. The lowest BCUT2D eigenvalue weighted by atomic mass is 10.1. The van der Waals surface area contributed by atoms with E-state index in [1.54, 1.807) is 14.0 Å². The summed E-state index contributed by atoms with van der Waals surface area (Å²) in [5.74, 6) is 1.46. The summed E-state index contributed by atoms with van der Waals surface area (Å²) in [5.41, 5.74) is 3.20. The summed E-state index contributed by atoms with van der Waals surface area (Å²) >= 11 is 0. The summed E-state index contributed by atoms with van der Waals surface area (Å²) in [4.78, 5) is 12.9. The van der Waals surface area contributed by atoms with E-state index in [1.165, 1.54) is 31.5 Å². The fraction of sp³-hybridized carbons (Fsp3) is 0.576. The van der Waals surface area contributed by atoms with Crippen LogP contribution in [0.15, 0.2) is 48.5 Å². The fourth-order valence-corrected chi connectivity index (χ4v) is 3.36. The number of anilines is 1. The molecular formula is C33H55N3O2. The van der Waals surface area contributed by atoms with Gasteiger partial charge >= 0.3 is 0 Å². The molecule has 0 radical (unpaired) electrons. The Kier molecular flexibility index (Phi) is 25.3. The largest absolute Gasteiger partial charge is 0.497 e. The van der Waals surface area contributed by atoms with Crippen LogP contribution in [-0.2, 0) is 11.2 Å². The number of carbonyl (C=O) groups excluding carboxylic acids is 1. The Labute approximate surface area is 234 Å². The number of Topliss-reactive ketones (excluding diaryl/α,β-unsaturated/α-hetero) is 1. The lowest BCUT2D eigenvalue weighted by Crippen LogP contribution is -2.21. The molecular weight excluding hydrogens is 470 g/mol. The van der Waals surface area contributed by atoms with Crippen LogP contribution in [0.25, 0.3) is 0 Å². The molecule has 1 saturated heterocycles. The van der Waals surface area contributed by atoms with Crippen LogP contribution in [0.5, 0.6) is 5.75 Å². The normalized spacial score (nSPS) is 12.3. The number of nitrogens with zero attached hydrogens (tertiary/aromatic N) is 2. The van der Waals surface area contributed by atoms with Gasteiger partial charge in [0.15, 0.2) is 0 Å². The molecule has 1 unspecified atom stereocenters. The van der Waals surface area contributed by atoms with E-state index < -0.39 is 0 Å². The van der Waals surface area contributed by atoms with Crippen molar-refractivity contribution in [2.75, 3.05) is 38.6 Å². The van der Waals surface area contributed by atoms with E-state index in [4.69, 9.17) is 10.00 Å². The molecule has 1 atom stereocenters. The number of nitriles is 1. The molecule has 1 N–H and O–H groups in total. The minimum Gasteiger partial charge on any atom is -0.497 e. The first kappa shape index (κ1) is 37.3. The molecule has 3 rings (SSSR count). The maximum Gasteiger partial charge on any atom is 0.132 e. The van der Waals surface area contributed by atoms with Crippen molar-refractivity contribution in [3.63, 3.8) is 0 Å². The number of hydrogen-bond donors (Lipinski definition) is 1. The molecule has 5 heteroatoms. The third-order valence-electron chi connectivity index (χ3n) is 5.95. The van der Waals surface area contributed by atoms with E-state index in [2.05, 4.69) is 29.3 Å². The zero-order valence-corrected chi connectivity index (χ0v) is 25.8. The quantitative estimate of drug-likeness (QED) is 0.356. The SMILES string of the molecule is CC.CC.CCC(C)C(C)=O.CCCNc1ccc(OC)cc1.N#Cc1cccc(CCN2CCCC2)c1. The van der Waals surface area contributed by atoms with Gasteiger partial charge in [0.05, 0.1) is 18.7 Å². The van der Waals surface area contributed by atoms with Gasteiger partial charge in [0.1, 0.15) is 11.5 Å². The summed E-state index contributed by atoms with van der Waals surface area (Å²) in [6.07, 6.45) is 5.87. The molecule has 1 aliphatic heterocycles. The second kappa shape index (κ2) is 25.8. The Morgan fingerprint density at radius 3 is 2.11 bits per heavy atom. The first-order valence-electron chi connectivity index (χ1n) is 14.5. The van der Waals surface area contributed by atoms with Gasteiger partial charge in [-0.1, -0.05) is 60.6 Å². The third-order valence-corrected chi connectivity index (χ3v) is 5.95. The van der Waals surface area contributed by atoms with Gasteiger partial charge in [-0.25, -0.2) is 0 Å². The van der Waals surface area contributed by atoms with Crippen molar-refractivity contribution in [1.82, 2.24) is 4.90 Å². The monoisotopic (exact) mass is 525 g/mol. The fourth-order valence-electron chi connectivity index (χ4n) is 3.36. The molecule has 0 bridgehead atoms. The van der Waals surface area contributed by atoms with Crippen molar-refractivity contribution < 1.29 is 9.53 Å². The Hall–Kier alpha value is -2.84. The van der Waals surface area contributed by atoms with Gasteiger partial charge < -0.3 is 15.0 Å². The van der Waals surface area contributed by atoms with Crippen LogP contribution in [0.4, 0.5) is 5.69 Å². The highest BCUT2D eigenvalue weighted by Gasteiger charge is 2.10. The zero-order chi connectivity index (χ0) is 29.2. The number of hydrogen-bond acceptors (Lipinski definition) is 5. The van der Waals surface area contributed by atoms with Crippen LogP contribution >= 0.6 is 0 Å². The van der Waals surface area contributed by atoms with Gasteiger partial charge in [0, 0.05) is 24.7 Å². The molecule has 0 aliphatic carbocycles. The Morgan fingerprint density at radius 2 is 1.66 bits per heavy atom. The van der Waals surface area contributed by atoms with Crippen LogP contribution in [0.3, 0.4) is 0 Å². The predicted molar refractivity (Wildman–Crippen MR) is 165 cm³/mol. The molecule has 214 valence electrons. The number of ether oxygens (including phenoxy) is 1. The number of rotatable bonds is 9. The number of methoxy groups -OCH3 is 1. The zero-order valence-electron chi connectivity index (χ0n) is 25.8. The Morgan fingerprint density at radius 1 is 1.05 bits per heavy atom. The number of likely N-dealkylation sites (tertiary alicyclic amines) is 1. The van der Waals surface area contributed by atoms with Gasteiger partial charge in [-0.2, -0.15) is 5.26 Å². The predicted octanol–water partition coefficient (Wildman–Crippen LogP) is 8.39. The molecule has 1 heterocycles. The molecule has 0 saturated carbocycles. The van der Waals surface area contributed by atoms with Crippen molar-refractivity contribution >= 4 is 11.5 Å². The lowest BCUT2D eigenvalue weighted by molar-refractivity contribution is -0.120. The molecule has 2 aromatic carbocycles. The second-order valence-electron chi connectivity index (χ2n) is 8.69. The van der Waals surface area contributed by atoms with E-state index in [1.807, 2.05) is 84.0 Å². The number of nitrogens with one attached hydrogen (secondary N) is 1. The highest BCUT2D eigenvalue weighted by Crippen LogP contribution is 2.14. The van der Waals surface area contributed by atoms with Crippen LogP contribution in [0.2, 0.25) is 0 Å². The Bertz CT molecular complexity index is 853. The average Bonchev–Trinajstić information content (AvgIpc) is 3.51. The van der Waals surface area contributed by atoms with E-state index in [0.717, 1.165) is 49.4 Å². The van der Waals surface area contributed by atoms with Crippen LogP contribution in [0.1, 0.15) is 92.2 Å². The van der Waals surface area contributed by atoms with E-state index in [9.17, 15) is 4.79 Å². The van der Waals surface area contributed by atoms with Gasteiger partial charge in [0.2, 0.25) is 0 Å². The summed E-state index contributed by atoms with van der Waals surface area (Å²) < 4.78 is 5.05. The number of carbonyl (C=O) groups is 1. The van der Waals surface area contributed by atoms with Gasteiger partial charge in [-0.05, 0) is 94.1 Å². The van der Waals surface area contributed by atoms with Crippen molar-refractivity contribution in [2.24, 2.45) is 5.92 Å². The van der Waals surface area contributed by atoms with Gasteiger partial charge in [-0.3, -0.25) is 4.79 Å². The second-order valence-corrected chi connectivity index (χ2v) is 8.69. The highest BCUT2D eigenvalue weighted by atomic mass is 16.5. The minimum atomic E-state index is 0.264. The minimum absolute atomic E-state index is 0.264. The maximum absolute atomic E-state index is 10.4. The van der Waals surface area contributed by atoms with E-state index in [-0.39, 0.29) is 5.92 Å². The first-order chi connectivity index (χ1) is 18.4. The summed E-state index contributed by atoms with van der Waals surface area (Å²) in [7, 11) is 1.68. The molecule has 1 fully saturated rings. The Balaban J connectivity index is 0. The van der Waals surface area contributed by atoms with Crippen molar-refractivity contribution in [2.45, 2.75) is 87.5 Å². The van der Waals surface area contributed by atoms with Crippen molar-refractivity contribution in [3.05, 3.63) is 59.7 Å². The summed E-state index contributed by atoms with van der Waals surface area (Å²) in [6, 6.07) is 18.1. The van der Waals surface area contributed by atoms with Crippen LogP contribution in [0, 0.1) is 17.2 Å². The van der Waals surface area contributed by atoms with Crippen LogP contribution in [-0.4, -0.2) is 44.0 Å². The van der Waals surface area contributed by atoms with Crippen molar-refractivity contribution in [3.8, 4) is 11.8 Å². The first-order valence-corrected chi connectivity index (χ1v) is 14.5. The number of benzene rings is 2. The summed E-state index contributed by atoms with van der Waals surface area (Å²) in [6.45, 7) is 20.4. The molecule has 2 aromatic rings. The van der Waals surface area contributed by atoms with Gasteiger partial charge in [0.25, 0.3) is 0 Å². The van der Waals surface area contributed by atoms with E-state index >= 15 is 0 Å². The highest BCUT2D eigenvalue weighted by molar-refractivity contribution is 5.77. The molecule has 38 heavy (non-hydrogen) atoms. The third kappa shape index (κ3) is 18.4. The molecule has 5 nitrogen and oxygen atoms in total. The molecule has 0 spiro atoms. The molecule has 0 amide bonds. The average molecular weight is 526 g/mol. The van der Waals surface area contributed by atoms with Gasteiger partial charge in [-0.15, -0.1) is 0 Å². The molecule has 0 aromatic heterocycles. The smallest absolute Gasteiger partial charge is 0.132 e. The van der Waals surface area contributed by atoms with E-state index in [0.29, 0.717) is 5.78 Å². The maximum atomic E-state index is 10.4. The number of ketones is 1. The standard InChI is InChI=1S/C13H16N2.C10H15NO.C6H12O.2C2H6/c14-11-13-5-3-4-12(10-13)6-9-15-7-1-2-8-15;1-3-8-11-9-4-6-10(12-2)7-5-9;1-4-5(2)6(3)7;2*1-2/h3-5,10H,1-2,6-9H2;4-7,11H,3,8H2,1-2H3;5H,4H2,1-3H3;2*1-2H3. The molecule has 1 aliphatic rings. The van der Waals surface area contributed by atoms with Crippen LogP contribution < -0.4 is 10.1 Å². The van der Waals surface area contributed by atoms with Crippen molar-refractivity contribution in [1.29, 1.82) is 5.26 Å². The summed E-state index contributed by atoms with van der Waals surface area (Å²) in [5, 5.41) is 12.1. The topological polar surface area (TPSA) is 65.4 Å².